The summed E-state index contributed by atoms with van der Waals surface area (Å²) in [5, 5.41) is 2.65. The lowest BCUT2D eigenvalue weighted by Crippen LogP contribution is -2.69. The zero-order valence-corrected chi connectivity index (χ0v) is 26.0. The van der Waals surface area contributed by atoms with E-state index in [0.717, 1.165) is 38.4 Å². The first kappa shape index (κ1) is 27.9. The fraction of sp³-hybridized carbons (Fsp3) is 0.600. The van der Waals surface area contributed by atoms with E-state index in [2.05, 4.69) is 95.3 Å². The summed E-state index contributed by atoms with van der Waals surface area (Å²) in [7, 11) is -2.65. The second-order valence-corrected chi connectivity index (χ2v) is 19.0. The van der Waals surface area contributed by atoms with Crippen LogP contribution in [-0.4, -0.2) is 32.3 Å². The molecule has 0 radical (unpaired) electrons. The van der Waals surface area contributed by atoms with E-state index in [1.54, 1.807) is 0 Å². The Bertz CT molecular complexity index is 1220. The molecule has 4 aliphatic rings. The van der Waals surface area contributed by atoms with Gasteiger partial charge in [-0.1, -0.05) is 95.3 Å². The number of hydrogen-bond acceptors (Lipinski definition) is 4. The molecule has 5 heteroatoms. The number of hydrogen-bond donors (Lipinski definition) is 0. The normalized spacial score (nSPS) is 37.6. The maximum atomic E-state index is 12.5. The van der Waals surface area contributed by atoms with Crippen molar-refractivity contribution in [2.75, 3.05) is 0 Å². The van der Waals surface area contributed by atoms with Crippen LogP contribution in [0.2, 0.25) is 5.04 Å². The molecule has 4 nitrogen and oxygen atoms in total. The zero-order valence-electron chi connectivity index (χ0n) is 25.0. The van der Waals surface area contributed by atoms with E-state index >= 15 is 0 Å². The van der Waals surface area contributed by atoms with Crippen molar-refractivity contribution in [3.63, 3.8) is 0 Å². The molecule has 6 rings (SSSR count). The zero-order chi connectivity index (χ0) is 28.4. The van der Waals surface area contributed by atoms with Gasteiger partial charge >= 0.3 is 5.97 Å². The molecule has 0 spiro atoms. The van der Waals surface area contributed by atoms with Gasteiger partial charge in [0.1, 0.15) is 0 Å². The van der Waals surface area contributed by atoms with Crippen LogP contribution in [0.1, 0.15) is 86.0 Å². The number of benzene rings is 2. The molecule has 0 unspecified atom stereocenters. The first-order valence-electron chi connectivity index (χ1n) is 15.5. The standard InChI is InChI=1S/C35H46O4Si/c1-32(2,3)40(25-12-8-6-9-13-25,26-14-10-7-11-15-26)39-30-17-16-28-27-18-23-35(24-36)34(5,22-20-31(37)38-35)29(27)19-21-33(28,30)4/h6-15,24,27-30H,16-23H2,1-5H3/t27-,28+,29-,30-,33-,34+,35+/m0/s1. The average Bonchev–Trinajstić information content (AvgIpc) is 3.28. The third-order valence-electron chi connectivity index (χ3n) is 12.1. The van der Waals surface area contributed by atoms with Crippen LogP contribution in [0.15, 0.2) is 60.7 Å². The van der Waals surface area contributed by atoms with Gasteiger partial charge in [-0.15, -0.1) is 0 Å². The van der Waals surface area contributed by atoms with Gasteiger partial charge in [0.05, 0.1) is 6.10 Å². The molecule has 1 saturated heterocycles. The predicted octanol–water partition coefficient (Wildman–Crippen LogP) is 6.45. The van der Waals surface area contributed by atoms with Crippen LogP contribution in [0.3, 0.4) is 0 Å². The summed E-state index contributed by atoms with van der Waals surface area (Å²) in [6.45, 7) is 11.9. The first-order valence-corrected chi connectivity index (χ1v) is 17.4. The first-order chi connectivity index (χ1) is 19.0. The molecule has 0 bridgehead atoms. The molecule has 1 heterocycles. The summed E-state index contributed by atoms with van der Waals surface area (Å²) < 4.78 is 13.7. The van der Waals surface area contributed by atoms with Crippen LogP contribution in [-0.2, 0) is 18.8 Å². The highest BCUT2D eigenvalue weighted by atomic mass is 28.4. The molecule has 40 heavy (non-hydrogen) atoms. The van der Waals surface area contributed by atoms with Gasteiger partial charge in [-0.05, 0) is 83.5 Å². The van der Waals surface area contributed by atoms with Crippen molar-refractivity contribution < 1.29 is 18.8 Å². The lowest BCUT2D eigenvalue weighted by atomic mass is 9.45. The lowest BCUT2D eigenvalue weighted by molar-refractivity contribution is -0.224. The summed E-state index contributed by atoms with van der Waals surface area (Å²) in [5.74, 6) is 1.31. The number of esters is 1. The Hall–Kier alpha value is -2.24. The van der Waals surface area contributed by atoms with Gasteiger partial charge < -0.3 is 9.16 Å². The van der Waals surface area contributed by atoms with E-state index in [1.165, 1.54) is 16.8 Å². The maximum Gasteiger partial charge on any atom is 0.306 e. The number of ether oxygens (including phenoxy) is 1. The van der Waals surface area contributed by atoms with Crippen molar-refractivity contribution >= 4 is 30.9 Å². The minimum Gasteiger partial charge on any atom is -0.451 e. The second-order valence-electron chi connectivity index (χ2n) is 14.7. The number of aldehydes is 1. The van der Waals surface area contributed by atoms with Crippen molar-refractivity contribution in [1.29, 1.82) is 0 Å². The molecular weight excluding hydrogens is 512 g/mol. The molecule has 0 amide bonds. The summed E-state index contributed by atoms with van der Waals surface area (Å²) >= 11 is 0. The highest BCUT2D eigenvalue weighted by Crippen LogP contribution is 2.67. The van der Waals surface area contributed by atoms with Gasteiger partial charge in [-0.3, -0.25) is 9.59 Å². The fourth-order valence-corrected chi connectivity index (χ4v) is 14.7. The molecule has 0 N–H and O–H groups in total. The maximum absolute atomic E-state index is 12.5. The van der Waals surface area contributed by atoms with Gasteiger partial charge in [-0.25, -0.2) is 0 Å². The Kier molecular flexibility index (Phi) is 6.74. The monoisotopic (exact) mass is 558 g/mol. The van der Waals surface area contributed by atoms with E-state index in [1.807, 2.05) is 0 Å². The summed E-state index contributed by atoms with van der Waals surface area (Å²) in [5.41, 5.74) is -1.12. The minimum atomic E-state index is -2.65. The molecule has 3 aliphatic carbocycles. The van der Waals surface area contributed by atoms with E-state index in [9.17, 15) is 9.59 Å². The van der Waals surface area contributed by atoms with Gasteiger partial charge in [0.15, 0.2) is 11.9 Å². The van der Waals surface area contributed by atoms with Crippen LogP contribution in [0, 0.1) is 28.6 Å². The van der Waals surface area contributed by atoms with Crippen molar-refractivity contribution in [1.82, 2.24) is 0 Å². The summed E-state index contributed by atoms with van der Waals surface area (Å²) in [6.07, 6.45) is 8.41. The summed E-state index contributed by atoms with van der Waals surface area (Å²) in [6, 6.07) is 22.0. The largest absolute Gasteiger partial charge is 0.451 e. The quantitative estimate of drug-likeness (QED) is 0.240. The highest BCUT2D eigenvalue weighted by molar-refractivity contribution is 6.99. The van der Waals surface area contributed by atoms with Crippen LogP contribution in [0.25, 0.3) is 0 Å². The SMILES string of the molecule is CC(C)(C)[Si](O[C@H]1CC[C@@H]2[C@@H]3CC[C@]4(C=O)OC(=O)CC[C@]4(C)[C@H]3CC[C@]12C)(c1ccccc1)c1ccccc1. The number of rotatable bonds is 5. The van der Waals surface area contributed by atoms with E-state index in [-0.39, 0.29) is 27.9 Å². The van der Waals surface area contributed by atoms with Crippen molar-refractivity contribution in [2.24, 2.45) is 28.6 Å². The minimum absolute atomic E-state index is 0.0464. The highest BCUT2D eigenvalue weighted by Gasteiger charge is 2.67. The molecule has 7 atom stereocenters. The third kappa shape index (κ3) is 3.86. The molecule has 4 fully saturated rings. The van der Waals surface area contributed by atoms with Crippen LogP contribution < -0.4 is 10.4 Å². The van der Waals surface area contributed by atoms with E-state index in [4.69, 9.17) is 9.16 Å². The molecule has 214 valence electrons. The molecule has 2 aromatic carbocycles. The van der Waals surface area contributed by atoms with Gasteiger partial charge in [0, 0.05) is 11.8 Å². The molecule has 1 aliphatic heterocycles. The van der Waals surface area contributed by atoms with Gasteiger partial charge in [0.2, 0.25) is 0 Å². The second kappa shape index (κ2) is 9.66. The smallest absolute Gasteiger partial charge is 0.306 e. The van der Waals surface area contributed by atoms with Gasteiger partial charge in [-0.2, -0.15) is 0 Å². The lowest BCUT2D eigenvalue weighted by Gasteiger charge is -2.62. The Morgan fingerprint density at radius 3 is 2.05 bits per heavy atom. The Morgan fingerprint density at radius 2 is 1.48 bits per heavy atom. The van der Waals surface area contributed by atoms with Gasteiger partial charge in [0.25, 0.3) is 8.32 Å². The molecule has 2 aromatic rings. The van der Waals surface area contributed by atoms with Crippen molar-refractivity contribution in [3.8, 4) is 0 Å². The Balaban J connectivity index is 1.37. The molecule has 0 aromatic heterocycles. The average molecular weight is 559 g/mol. The third-order valence-corrected chi connectivity index (χ3v) is 17.1. The fourth-order valence-electron chi connectivity index (χ4n) is 9.91. The van der Waals surface area contributed by atoms with Crippen molar-refractivity contribution in [2.45, 2.75) is 103 Å². The van der Waals surface area contributed by atoms with Crippen molar-refractivity contribution in [3.05, 3.63) is 60.7 Å². The number of fused-ring (bicyclic) bond motifs is 5. The van der Waals surface area contributed by atoms with E-state index in [0.29, 0.717) is 30.6 Å². The Labute approximate surface area is 241 Å². The summed E-state index contributed by atoms with van der Waals surface area (Å²) in [4.78, 5) is 24.8. The topological polar surface area (TPSA) is 52.6 Å². The number of carbonyl (C=O) groups excluding carboxylic acids is 2. The van der Waals surface area contributed by atoms with Crippen LogP contribution >= 0.6 is 0 Å². The van der Waals surface area contributed by atoms with Crippen LogP contribution in [0.4, 0.5) is 0 Å². The Morgan fingerprint density at radius 1 is 0.850 bits per heavy atom. The van der Waals surface area contributed by atoms with Crippen LogP contribution in [0.5, 0.6) is 0 Å². The van der Waals surface area contributed by atoms with E-state index < -0.39 is 13.9 Å². The number of carbonyl (C=O) groups is 2. The molecular formula is C35H46O4Si. The predicted molar refractivity (Wildman–Crippen MR) is 161 cm³/mol. The molecule has 3 saturated carbocycles.